The molecule has 0 N–H and O–H groups in total. The Hall–Kier alpha value is -5.24. The third kappa shape index (κ3) is 6.74. The van der Waals surface area contributed by atoms with E-state index in [0.29, 0.717) is 31.9 Å². The molecule has 0 atom stereocenters. The van der Waals surface area contributed by atoms with Gasteiger partial charge in [-0.15, -0.1) is 11.3 Å². The van der Waals surface area contributed by atoms with Crippen molar-refractivity contribution in [2.45, 2.75) is 19.1 Å². The molecular weight excluding hydrogens is 634 g/mol. The lowest BCUT2D eigenvalue weighted by molar-refractivity contribution is -0.137. The average Bonchev–Trinajstić information content (AvgIpc) is 3.41. The van der Waals surface area contributed by atoms with Gasteiger partial charge in [-0.1, -0.05) is 91.0 Å². The zero-order valence-electron chi connectivity index (χ0n) is 26.0. The molecule has 48 heavy (non-hydrogen) atoms. The summed E-state index contributed by atoms with van der Waals surface area (Å²) in [5, 5.41) is 10.4. The van der Waals surface area contributed by atoms with Crippen molar-refractivity contribution in [3.63, 3.8) is 0 Å². The number of nitrogens with zero attached hydrogens (tertiary/aromatic N) is 4. The number of aromatic nitrogens is 1. The fraction of sp³-hybridized carbons (Fsp3) is 0.184. The summed E-state index contributed by atoms with van der Waals surface area (Å²) in [4.78, 5) is 31.8. The minimum atomic E-state index is -4.63. The molecule has 0 bridgehead atoms. The van der Waals surface area contributed by atoms with Gasteiger partial charge in [-0.05, 0) is 53.5 Å². The van der Waals surface area contributed by atoms with Crippen molar-refractivity contribution in [1.29, 1.82) is 5.26 Å². The van der Waals surface area contributed by atoms with Crippen LogP contribution in [0, 0.1) is 18.3 Å². The number of carbonyl (C=O) groups excluding carboxylic acids is 1. The number of rotatable bonds is 6. The van der Waals surface area contributed by atoms with E-state index in [1.54, 1.807) is 23.1 Å². The molecule has 10 heteroatoms. The zero-order valence-corrected chi connectivity index (χ0v) is 26.8. The second-order valence-electron chi connectivity index (χ2n) is 11.5. The van der Waals surface area contributed by atoms with Crippen LogP contribution in [0.15, 0.2) is 114 Å². The van der Waals surface area contributed by atoms with Crippen molar-refractivity contribution >= 4 is 28.9 Å². The fourth-order valence-electron chi connectivity index (χ4n) is 6.09. The smallest absolute Gasteiger partial charge is 0.335 e. The molecule has 1 saturated heterocycles. The number of carbonyl (C=O) groups is 1. The normalized spacial score (nSPS) is 15.0. The summed E-state index contributed by atoms with van der Waals surface area (Å²) in [6.07, 6.45) is -3.46. The number of piperazine rings is 1. The molecule has 1 amide bonds. The summed E-state index contributed by atoms with van der Waals surface area (Å²) in [6, 6.07) is 34.3. The Morgan fingerprint density at radius 2 is 1.46 bits per heavy atom. The first kappa shape index (κ1) is 32.7. The third-order valence-electron chi connectivity index (χ3n) is 8.37. The molecule has 0 aliphatic carbocycles. The summed E-state index contributed by atoms with van der Waals surface area (Å²) >= 11 is 0.836. The molecule has 0 saturated carbocycles. The fourth-order valence-corrected chi connectivity index (χ4v) is 7.17. The number of alkyl halides is 3. The van der Waals surface area contributed by atoms with Crippen LogP contribution < -0.4 is 14.8 Å². The van der Waals surface area contributed by atoms with E-state index < -0.39 is 23.2 Å². The van der Waals surface area contributed by atoms with Crippen LogP contribution >= 0.6 is 11.3 Å². The molecule has 0 radical (unpaired) electrons. The molecule has 1 aliphatic rings. The highest BCUT2D eigenvalue weighted by Gasteiger charge is 2.33. The third-order valence-corrected chi connectivity index (χ3v) is 9.47. The van der Waals surface area contributed by atoms with Gasteiger partial charge < -0.3 is 4.90 Å². The number of benzene rings is 4. The first-order valence-corrected chi connectivity index (χ1v) is 16.2. The van der Waals surface area contributed by atoms with Crippen molar-refractivity contribution in [3.05, 3.63) is 157 Å². The molecule has 0 unspecified atom stereocenters. The maximum absolute atomic E-state index is 14.0. The second-order valence-corrected chi connectivity index (χ2v) is 12.5. The minimum Gasteiger partial charge on any atom is -0.335 e. The van der Waals surface area contributed by atoms with Crippen LogP contribution in [0.1, 0.15) is 33.9 Å². The lowest BCUT2D eigenvalue weighted by Crippen LogP contribution is -2.50. The number of thiazole rings is 1. The van der Waals surface area contributed by atoms with Crippen molar-refractivity contribution < 1.29 is 18.0 Å². The number of hydrogen-bond acceptors (Lipinski definition) is 5. The monoisotopic (exact) mass is 664 g/mol. The Labute approximate surface area is 279 Å². The van der Waals surface area contributed by atoms with Crippen molar-refractivity contribution in [3.8, 4) is 11.8 Å². The van der Waals surface area contributed by atoms with E-state index >= 15 is 0 Å². The maximum Gasteiger partial charge on any atom is 0.416 e. The Bertz CT molecular complexity index is 2120. The average molecular weight is 665 g/mol. The van der Waals surface area contributed by atoms with Crippen LogP contribution in [0.25, 0.3) is 17.3 Å². The van der Waals surface area contributed by atoms with E-state index in [9.17, 15) is 28.0 Å². The topological polar surface area (TPSA) is 69.3 Å². The molecule has 1 aliphatic heterocycles. The Morgan fingerprint density at radius 1 is 0.854 bits per heavy atom. The SMILES string of the molecule is Cc1cccc(-n2c(=O)/c(=C\c3ccccc3C(F)(F)F)s/c2=C(/C#N)C(=O)N2CCN(C(c3ccccc3)c3ccccc3)CC2)c1. The number of aryl methyl sites for hydroxylation is 1. The highest BCUT2D eigenvalue weighted by molar-refractivity contribution is 7.07. The van der Waals surface area contributed by atoms with Crippen LogP contribution in [-0.4, -0.2) is 46.5 Å². The lowest BCUT2D eigenvalue weighted by Gasteiger charge is -2.39. The molecule has 4 aromatic carbocycles. The lowest BCUT2D eigenvalue weighted by atomic mass is 9.96. The highest BCUT2D eigenvalue weighted by atomic mass is 32.1. The summed E-state index contributed by atoms with van der Waals surface area (Å²) in [6.45, 7) is 3.61. The van der Waals surface area contributed by atoms with E-state index in [2.05, 4.69) is 29.2 Å². The van der Waals surface area contributed by atoms with Gasteiger partial charge in [0.1, 0.15) is 10.7 Å². The Balaban J connectivity index is 1.40. The maximum atomic E-state index is 14.0. The molecule has 1 aromatic heterocycles. The largest absolute Gasteiger partial charge is 0.416 e. The van der Waals surface area contributed by atoms with Gasteiger partial charge in [-0.25, -0.2) is 0 Å². The van der Waals surface area contributed by atoms with Gasteiger partial charge in [0.15, 0.2) is 5.57 Å². The first-order valence-electron chi connectivity index (χ1n) is 15.4. The standard InChI is InChI=1S/C38H31F3N4O2S/c1-26-11-10-17-30(23-26)45-36(47)33(24-29-16-8-9-18-32(29)38(39,40)41)48-37(45)31(25-42)35(46)44-21-19-43(20-22-44)34(27-12-4-2-5-13-27)28-14-6-3-7-15-28/h2-18,23-24,34H,19-22H2,1H3/b33-24+,37-31-. The molecule has 5 aromatic rings. The van der Waals surface area contributed by atoms with Gasteiger partial charge in [-0.3, -0.25) is 19.1 Å². The number of nitriles is 1. The van der Waals surface area contributed by atoms with Gasteiger partial charge in [0, 0.05) is 26.2 Å². The van der Waals surface area contributed by atoms with Gasteiger partial charge in [0.05, 0.1) is 21.8 Å². The molecule has 242 valence electrons. The second kappa shape index (κ2) is 13.9. The van der Waals surface area contributed by atoms with E-state index in [0.717, 1.165) is 34.1 Å². The summed E-state index contributed by atoms with van der Waals surface area (Å²) < 4.78 is 42.7. The van der Waals surface area contributed by atoms with Gasteiger partial charge in [-0.2, -0.15) is 18.4 Å². The van der Waals surface area contributed by atoms with E-state index in [-0.39, 0.29) is 26.4 Å². The van der Waals surface area contributed by atoms with Crippen LogP contribution in [0.5, 0.6) is 0 Å². The predicted molar refractivity (Wildman–Crippen MR) is 181 cm³/mol. The van der Waals surface area contributed by atoms with Crippen LogP contribution in [0.2, 0.25) is 0 Å². The molecule has 1 fully saturated rings. The number of halogens is 3. The van der Waals surface area contributed by atoms with Gasteiger partial charge in [0.25, 0.3) is 11.5 Å². The van der Waals surface area contributed by atoms with Crippen molar-refractivity contribution in [2.75, 3.05) is 26.2 Å². The summed E-state index contributed by atoms with van der Waals surface area (Å²) in [5.41, 5.74) is 1.58. The van der Waals surface area contributed by atoms with Crippen LogP contribution in [0.3, 0.4) is 0 Å². The highest BCUT2D eigenvalue weighted by Crippen LogP contribution is 2.32. The summed E-state index contributed by atoms with van der Waals surface area (Å²) in [5.74, 6) is -0.530. The molecule has 6 nitrogen and oxygen atoms in total. The Kier molecular flexibility index (Phi) is 9.44. The molecule has 0 spiro atoms. The van der Waals surface area contributed by atoms with E-state index in [4.69, 9.17) is 0 Å². The minimum absolute atomic E-state index is 0.0227. The number of amides is 1. The summed E-state index contributed by atoms with van der Waals surface area (Å²) in [7, 11) is 0. The van der Waals surface area contributed by atoms with Crippen LogP contribution in [-0.2, 0) is 11.0 Å². The van der Waals surface area contributed by atoms with Crippen LogP contribution in [0.4, 0.5) is 13.2 Å². The molecular formula is C38H31F3N4O2S. The van der Waals surface area contributed by atoms with E-state index in [1.807, 2.05) is 55.5 Å². The predicted octanol–water partition coefficient (Wildman–Crippen LogP) is 5.66. The van der Waals surface area contributed by atoms with Gasteiger partial charge >= 0.3 is 6.18 Å². The van der Waals surface area contributed by atoms with E-state index in [1.165, 1.54) is 28.8 Å². The molecule has 6 rings (SSSR count). The van der Waals surface area contributed by atoms with Crippen molar-refractivity contribution in [1.82, 2.24) is 14.4 Å². The molecule has 2 heterocycles. The number of hydrogen-bond donors (Lipinski definition) is 0. The quantitative estimate of drug-likeness (QED) is 0.235. The van der Waals surface area contributed by atoms with Crippen molar-refractivity contribution in [2.24, 2.45) is 0 Å². The first-order chi connectivity index (χ1) is 23.2. The zero-order chi connectivity index (χ0) is 33.8. The Morgan fingerprint density at radius 3 is 2.04 bits per heavy atom. The van der Waals surface area contributed by atoms with Gasteiger partial charge in [0.2, 0.25) is 0 Å².